The molecule has 1 fully saturated rings. The van der Waals surface area contributed by atoms with Crippen molar-refractivity contribution in [1.29, 1.82) is 0 Å². The smallest absolute Gasteiger partial charge is 0.311 e. The van der Waals surface area contributed by atoms with Crippen molar-refractivity contribution in [2.45, 2.75) is 45.1 Å². The molecule has 2 aromatic rings. The molecular weight excluding hydrogens is 336 g/mol. The zero-order valence-electron chi connectivity index (χ0n) is 14.7. The fourth-order valence-corrected chi connectivity index (χ4v) is 3.30. The number of ether oxygens (including phenoxy) is 1. The Balaban J connectivity index is 1.79. The van der Waals surface area contributed by atoms with E-state index in [1.54, 1.807) is 19.2 Å². The molecule has 1 aromatic heterocycles. The summed E-state index contributed by atoms with van der Waals surface area (Å²) in [7, 11) is 0. The number of amides is 1. The molecule has 0 atom stereocenters. The van der Waals surface area contributed by atoms with Gasteiger partial charge < -0.3 is 10.1 Å². The molecule has 1 aliphatic rings. The van der Waals surface area contributed by atoms with Crippen LogP contribution in [0.5, 0.6) is 5.75 Å². The molecule has 0 spiro atoms. The molecule has 0 radical (unpaired) electrons. The largest absolute Gasteiger partial charge is 0.487 e. The molecule has 26 heavy (non-hydrogen) atoms. The number of nitrogens with zero attached hydrogens (tertiary/aromatic N) is 3. The number of benzene rings is 1. The van der Waals surface area contributed by atoms with Crippen molar-refractivity contribution in [3.05, 3.63) is 46.1 Å². The third kappa shape index (κ3) is 3.84. The van der Waals surface area contributed by atoms with Crippen molar-refractivity contribution in [3.8, 4) is 5.75 Å². The number of hydrogen-bond donors (Lipinski definition) is 1. The maximum Gasteiger partial charge on any atom is 0.311 e. The van der Waals surface area contributed by atoms with Gasteiger partial charge in [-0.15, -0.1) is 0 Å². The van der Waals surface area contributed by atoms with Crippen LogP contribution in [0.3, 0.4) is 0 Å². The highest BCUT2D eigenvalue weighted by atomic mass is 16.6. The van der Waals surface area contributed by atoms with Crippen LogP contribution in [0.25, 0.3) is 0 Å². The second-order valence-corrected chi connectivity index (χ2v) is 6.28. The van der Waals surface area contributed by atoms with Crippen molar-refractivity contribution >= 4 is 17.4 Å². The van der Waals surface area contributed by atoms with E-state index in [-0.39, 0.29) is 23.0 Å². The van der Waals surface area contributed by atoms with E-state index in [2.05, 4.69) is 10.4 Å². The highest BCUT2D eigenvalue weighted by Gasteiger charge is 2.22. The van der Waals surface area contributed by atoms with E-state index < -0.39 is 10.8 Å². The first-order valence-corrected chi connectivity index (χ1v) is 8.86. The number of nitro benzene ring substituents is 1. The molecule has 1 aliphatic carbocycles. The zero-order chi connectivity index (χ0) is 18.5. The maximum atomic E-state index is 12.6. The van der Waals surface area contributed by atoms with Crippen LogP contribution < -0.4 is 10.1 Å². The highest BCUT2D eigenvalue weighted by molar-refractivity contribution is 6.04. The van der Waals surface area contributed by atoms with Crippen molar-refractivity contribution in [2.75, 3.05) is 11.9 Å². The zero-order valence-corrected chi connectivity index (χ0v) is 14.7. The molecule has 138 valence electrons. The molecule has 0 aliphatic heterocycles. The van der Waals surface area contributed by atoms with Crippen LogP contribution in [0.1, 0.15) is 55.4 Å². The minimum absolute atomic E-state index is 0.154. The summed E-state index contributed by atoms with van der Waals surface area (Å²) in [6.07, 6.45) is 7.28. The third-order valence-electron chi connectivity index (χ3n) is 4.55. The number of nitrogens with one attached hydrogen (secondary N) is 1. The number of hydrogen-bond acceptors (Lipinski definition) is 5. The monoisotopic (exact) mass is 358 g/mol. The number of aromatic nitrogens is 2. The molecule has 8 heteroatoms. The lowest BCUT2D eigenvalue weighted by Crippen LogP contribution is -2.20. The fourth-order valence-electron chi connectivity index (χ4n) is 3.30. The van der Waals surface area contributed by atoms with Gasteiger partial charge in [0, 0.05) is 17.7 Å². The highest BCUT2D eigenvalue weighted by Crippen LogP contribution is 2.31. The first-order chi connectivity index (χ1) is 12.6. The lowest BCUT2D eigenvalue weighted by Gasteiger charge is -2.23. The Morgan fingerprint density at radius 3 is 2.81 bits per heavy atom. The Morgan fingerprint density at radius 1 is 1.35 bits per heavy atom. The predicted molar refractivity (Wildman–Crippen MR) is 96.6 cm³/mol. The van der Waals surface area contributed by atoms with E-state index in [1.165, 1.54) is 24.6 Å². The van der Waals surface area contributed by atoms with Gasteiger partial charge in [-0.05, 0) is 31.9 Å². The van der Waals surface area contributed by atoms with E-state index in [0.717, 1.165) is 25.7 Å². The molecule has 1 amide bonds. The quantitative estimate of drug-likeness (QED) is 0.622. The summed E-state index contributed by atoms with van der Waals surface area (Å²) in [5.74, 6) is 0.355. The van der Waals surface area contributed by atoms with Crippen LogP contribution in [0, 0.1) is 10.1 Å². The minimum atomic E-state index is -0.548. The van der Waals surface area contributed by atoms with Gasteiger partial charge in [0.25, 0.3) is 5.91 Å². The van der Waals surface area contributed by atoms with Crippen molar-refractivity contribution < 1.29 is 14.5 Å². The number of carbonyl (C=O) groups excluding carboxylic acids is 1. The van der Waals surface area contributed by atoms with Gasteiger partial charge in [-0.2, -0.15) is 5.10 Å². The van der Waals surface area contributed by atoms with Crippen LogP contribution in [0.4, 0.5) is 11.5 Å². The molecule has 1 aromatic carbocycles. The van der Waals surface area contributed by atoms with Gasteiger partial charge in [0.15, 0.2) is 5.75 Å². The molecule has 1 N–H and O–H groups in total. The Kier molecular flexibility index (Phi) is 5.50. The van der Waals surface area contributed by atoms with E-state index in [4.69, 9.17) is 4.74 Å². The van der Waals surface area contributed by atoms with Crippen LogP contribution >= 0.6 is 0 Å². The van der Waals surface area contributed by atoms with Crippen LogP contribution in [0.2, 0.25) is 0 Å². The summed E-state index contributed by atoms with van der Waals surface area (Å²) in [4.78, 5) is 23.3. The second kappa shape index (κ2) is 7.99. The van der Waals surface area contributed by atoms with Crippen molar-refractivity contribution in [1.82, 2.24) is 9.78 Å². The van der Waals surface area contributed by atoms with Crippen LogP contribution in [0.15, 0.2) is 30.5 Å². The molecule has 1 heterocycles. The average molecular weight is 358 g/mol. The van der Waals surface area contributed by atoms with Gasteiger partial charge in [0.2, 0.25) is 0 Å². The Morgan fingerprint density at radius 2 is 2.12 bits per heavy atom. The summed E-state index contributed by atoms with van der Waals surface area (Å²) < 4.78 is 7.10. The number of rotatable bonds is 6. The van der Waals surface area contributed by atoms with Gasteiger partial charge in [-0.3, -0.25) is 14.9 Å². The first kappa shape index (κ1) is 17.9. The molecule has 0 unspecified atom stereocenters. The summed E-state index contributed by atoms with van der Waals surface area (Å²) >= 11 is 0. The topological polar surface area (TPSA) is 99.3 Å². The Hall–Kier alpha value is -2.90. The fraction of sp³-hybridized carbons (Fsp3) is 0.444. The maximum absolute atomic E-state index is 12.6. The van der Waals surface area contributed by atoms with Crippen LogP contribution in [-0.4, -0.2) is 27.2 Å². The summed E-state index contributed by atoms with van der Waals surface area (Å²) in [5.41, 5.74) is -0.0168. The van der Waals surface area contributed by atoms with E-state index in [9.17, 15) is 14.9 Å². The molecule has 0 bridgehead atoms. The van der Waals surface area contributed by atoms with Gasteiger partial charge in [-0.1, -0.05) is 19.3 Å². The standard InChI is InChI=1S/C18H22N4O4/c1-2-26-16-9-8-13(12-15(16)22(24)25)18(23)20-17-10-11-19-21(17)14-6-4-3-5-7-14/h8-12,14H,2-7H2,1H3,(H,20,23). The van der Waals surface area contributed by atoms with E-state index in [1.807, 2.05) is 4.68 Å². The predicted octanol–water partition coefficient (Wildman–Crippen LogP) is 3.95. The van der Waals surface area contributed by atoms with Gasteiger partial charge in [0.05, 0.1) is 23.8 Å². The third-order valence-corrected chi connectivity index (χ3v) is 4.55. The molecule has 1 saturated carbocycles. The minimum Gasteiger partial charge on any atom is -0.487 e. The molecular formula is C18H22N4O4. The van der Waals surface area contributed by atoms with Gasteiger partial charge in [-0.25, -0.2) is 4.68 Å². The van der Waals surface area contributed by atoms with Crippen molar-refractivity contribution in [3.63, 3.8) is 0 Å². The molecule has 3 rings (SSSR count). The van der Waals surface area contributed by atoms with Gasteiger partial charge in [0.1, 0.15) is 5.82 Å². The first-order valence-electron chi connectivity index (χ1n) is 8.86. The molecule has 0 saturated heterocycles. The Labute approximate surface area is 151 Å². The second-order valence-electron chi connectivity index (χ2n) is 6.28. The average Bonchev–Trinajstić information content (AvgIpc) is 3.11. The lowest BCUT2D eigenvalue weighted by molar-refractivity contribution is -0.385. The summed E-state index contributed by atoms with van der Waals surface area (Å²) in [5, 5.41) is 18.4. The number of anilines is 1. The number of carbonyl (C=O) groups is 1. The summed E-state index contributed by atoms with van der Waals surface area (Å²) in [6.45, 7) is 2.06. The van der Waals surface area contributed by atoms with Crippen molar-refractivity contribution in [2.24, 2.45) is 0 Å². The SMILES string of the molecule is CCOc1ccc(C(=O)Nc2ccnn2C2CCCCC2)cc1[N+](=O)[O-]. The lowest BCUT2D eigenvalue weighted by atomic mass is 9.96. The van der Waals surface area contributed by atoms with Gasteiger partial charge >= 0.3 is 5.69 Å². The molecule has 8 nitrogen and oxygen atoms in total. The van der Waals surface area contributed by atoms with Crippen LogP contribution in [-0.2, 0) is 0 Å². The normalized spacial score (nSPS) is 14.8. The number of nitro groups is 1. The van der Waals surface area contributed by atoms with E-state index in [0.29, 0.717) is 12.4 Å². The Bertz CT molecular complexity index is 796. The van der Waals surface area contributed by atoms with E-state index >= 15 is 0 Å². The summed E-state index contributed by atoms with van der Waals surface area (Å²) in [6, 6.07) is 6.24.